The number of methoxy groups -OCH3 is 2. The fraction of sp³-hybridized carbons (Fsp3) is 0.208. The van der Waals surface area contributed by atoms with E-state index in [2.05, 4.69) is 54.6 Å². The molecule has 4 N–H and O–H groups in total. The summed E-state index contributed by atoms with van der Waals surface area (Å²) in [6.45, 7) is 7.36. The van der Waals surface area contributed by atoms with Crippen LogP contribution in [0, 0.1) is 13.8 Å². The van der Waals surface area contributed by atoms with Crippen molar-refractivity contribution in [3.63, 3.8) is 0 Å². The van der Waals surface area contributed by atoms with E-state index in [1.165, 1.54) is 0 Å². The number of benzene rings is 6. The van der Waals surface area contributed by atoms with Crippen LogP contribution in [0.2, 0.25) is 5.02 Å². The minimum atomic E-state index is -0.700. The fourth-order valence-corrected chi connectivity index (χ4v) is 7.72. The van der Waals surface area contributed by atoms with Gasteiger partial charge in [-0.15, -0.1) is 0 Å². The molecule has 8 rings (SSSR count). The van der Waals surface area contributed by atoms with E-state index in [0.717, 1.165) is 72.9 Å². The zero-order valence-corrected chi connectivity index (χ0v) is 34.0. The molecule has 0 saturated heterocycles. The van der Waals surface area contributed by atoms with E-state index in [9.17, 15) is 0 Å². The lowest BCUT2D eigenvalue weighted by atomic mass is 9.82. The van der Waals surface area contributed by atoms with Crippen LogP contribution in [-0.2, 0) is 20.6 Å². The molecule has 58 heavy (non-hydrogen) atoms. The second-order valence-electron chi connectivity index (χ2n) is 14.2. The highest BCUT2D eigenvalue weighted by molar-refractivity contribution is 6.30. The predicted molar refractivity (Wildman–Crippen MR) is 232 cm³/mol. The molecule has 0 bridgehead atoms. The van der Waals surface area contributed by atoms with Crippen LogP contribution in [0.1, 0.15) is 40.3 Å². The number of aryl methyl sites for hydroxylation is 2. The number of rotatable bonds is 10. The third-order valence-electron chi connectivity index (χ3n) is 10.5. The molecule has 0 aromatic heterocycles. The molecule has 2 aliphatic rings. The number of amidine groups is 2. The smallest absolute Gasteiger partial charge is 0.283 e. The van der Waals surface area contributed by atoms with Gasteiger partial charge in [0.2, 0.25) is 0 Å². The van der Waals surface area contributed by atoms with Crippen LogP contribution in [0.15, 0.2) is 143 Å². The Bertz CT molecular complexity index is 2500. The zero-order valence-electron chi connectivity index (χ0n) is 33.3. The van der Waals surface area contributed by atoms with Crippen molar-refractivity contribution in [2.45, 2.75) is 31.8 Å². The Kier molecular flexibility index (Phi) is 11.6. The molecule has 0 radical (unpaired) electrons. The molecule has 0 aliphatic carbocycles. The lowest BCUT2D eigenvalue weighted by molar-refractivity contribution is 0.278. The van der Waals surface area contributed by atoms with E-state index in [-0.39, 0.29) is 12.0 Å². The highest BCUT2D eigenvalue weighted by Gasteiger charge is 2.41. The number of hydrogen-bond donors (Lipinski definition) is 2. The molecule has 2 atom stereocenters. The van der Waals surface area contributed by atoms with Crippen molar-refractivity contribution in [2.24, 2.45) is 21.5 Å². The standard InChI is InChI=1S/C24H23ClN2O2.C24H24N2O3/c1-3-28-22-11-10-20(12-16(22)2)24(15-29-23(26)27-24)19-8-4-6-17(13-19)18-7-5-9-21(25)14-18;1-16-12-20(10-11-22(16)28-3)24(15-29-23(25)26-24)19-8-4-6-17(13-19)18-7-5-9-21(14-18)27-2/h4-14H,3,15H2,1-2H3,(H2,26,27);4-14H,15H2,1-3H3,(H2,25,26). The van der Waals surface area contributed by atoms with Gasteiger partial charge < -0.3 is 35.2 Å². The topological polar surface area (TPSA) is 123 Å². The number of nitrogens with zero attached hydrogens (tertiary/aromatic N) is 2. The first-order chi connectivity index (χ1) is 28.1. The van der Waals surface area contributed by atoms with Crippen molar-refractivity contribution >= 4 is 23.6 Å². The molecular weight excluding hydrogens is 748 g/mol. The van der Waals surface area contributed by atoms with Gasteiger partial charge in [-0.2, -0.15) is 0 Å². The Morgan fingerprint density at radius 2 is 1.03 bits per heavy atom. The van der Waals surface area contributed by atoms with Crippen LogP contribution in [0.3, 0.4) is 0 Å². The van der Waals surface area contributed by atoms with Crippen molar-refractivity contribution in [1.29, 1.82) is 0 Å². The molecule has 0 fully saturated rings. The highest BCUT2D eigenvalue weighted by atomic mass is 35.5. The second-order valence-corrected chi connectivity index (χ2v) is 14.6. The van der Waals surface area contributed by atoms with Crippen LogP contribution >= 0.6 is 11.6 Å². The van der Waals surface area contributed by atoms with Gasteiger partial charge in [-0.1, -0.05) is 84.4 Å². The third kappa shape index (κ3) is 8.04. The Labute approximate surface area is 344 Å². The molecule has 2 aliphatic heterocycles. The first-order valence-electron chi connectivity index (χ1n) is 19.0. The zero-order chi connectivity index (χ0) is 40.9. The molecular formula is C48H47ClN4O5. The van der Waals surface area contributed by atoms with Gasteiger partial charge in [-0.05, 0) is 137 Å². The predicted octanol–water partition coefficient (Wildman–Crippen LogP) is 9.57. The summed E-state index contributed by atoms with van der Waals surface area (Å²) in [4.78, 5) is 9.47. The van der Waals surface area contributed by atoms with E-state index in [4.69, 9.17) is 56.7 Å². The lowest BCUT2D eigenvalue weighted by Crippen LogP contribution is -2.27. The first-order valence-corrected chi connectivity index (χ1v) is 19.4. The van der Waals surface area contributed by atoms with Crippen LogP contribution in [0.5, 0.6) is 17.2 Å². The Morgan fingerprint density at radius 1 is 0.569 bits per heavy atom. The van der Waals surface area contributed by atoms with E-state index in [1.54, 1.807) is 14.2 Å². The van der Waals surface area contributed by atoms with Gasteiger partial charge in [0.25, 0.3) is 12.0 Å². The lowest BCUT2D eigenvalue weighted by Gasteiger charge is -2.26. The third-order valence-corrected chi connectivity index (χ3v) is 10.8. The maximum Gasteiger partial charge on any atom is 0.283 e. The van der Waals surface area contributed by atoms with Crippen molar-refractivity contribution in [2.75, 3.05) is 34.0 Å². The maximum atomic E-state index is 6.19. The first kappa shape index (κ1) is 39.8. The van der Waals surface area contributed by atoms with Gasteiger partial charge in [-0.25, -0.2) is 9.98 Å². The minimum absolute atomic E-state index is 0.199. The van der Waals surface area contributed by atoms with Gasteiger partial charge in [0.05, 0.1) is 20.8 Å². The SMILES string of the molecule is CCOc1ccc(C2(c3cccc(-c4cccc(Cl)c4)c3)COC(N)=N2)cc1C.COc1cccc(-c2cccc(C3(c4ccc(OC)c(C)c4)COC(N)=N3)c2)c1. The van der Waals surface area contributed by atoms with Gasteiger partial charge in [0.15, 0.2) is 11.1 Å². The van der Waals surface area contributed by atoms with Crippen molar-refractivity contribution in [3.8, 4) is 39.5 Å². The number of hydrogen-bond acceptors (Lipinski definition) is 9. The molecule has 0 amide bonds. The maximum absolute atomic E-state index is 6.19. The summed E-state index contributed by atoms with van der Waals surface area (Å²) in [6, 6.07) is 45.0. The van der Waals surface area contributed by atoms with E-state index in [0.29, 0.717) is 24.8 Å². The molecule has 2 unspecified atom stereocenters. The molecule has 0 saturated carbocycles. The molecule has 2 heterocycles. The molecule has 0 spiro atoms. The quantitative estimate of drug-likeness (QED) is 0.142. The van der Waals surface area contributed by atoms with Crippen LogP contribution in [0.25, 0.3) is 22.3 Å². The van der Waals surface area contributed by atoms with Crippen LogP contribution in [0.4, 0.5) is 0 Å². The normalized spacial score (nSPS) is 18.2. The van der Waals surface area contributed by atoms with Crippen molar-refractivity contribution < 1.29 is 23.7 Å². The molecule has 9 nitrogen and oxygen atoms in total. The number of ether oxygens (including phenoxy) is 5. The summed E-state index contributed by atoms with van der Waals surface area (Å²) in [5.41, 5.74) is 20.9. The minimum Gasteiger partial charge on any atom is -0.497 e. The molecule has 6 aromatic rings. The average molecular weight is 795 g/mol. The van der Waals surface area contributed by atoms with E-state index < -0.39 is 11.1 Å². The monoisotopic (exact) mass is 794 g/mol. The van der Waals surface area contributed by atoms with E-state index >= 15 is 0 Å². The molecule has 296 valence electrons. The van der Waals surface area contributed by atoms with Gasteiger partial charge in [-0.3, -0.25) is 0 Å². The summed E-state index contributed by atoms with van der Waals surface area (Å²) in [5, 5.41) is 0.705. The molecule has 6 aromatic carbocycles. The van der Waals surface area contributed by atoms with E-state index in [1.807, 2.05) is 99.6 Å². The Balaban J connectivity index is 0.000000177. The summed E-state index contributed by atoms with van der Waals surface area (Å²) in [7, 11) is 3.34. The largest absolute Gasteiger partial charge is 0.497 e. The second kappa shape index (κ2) is 17.0. The Morgan fingerprint density at radius 3 is 1.48 bits per heavy atom. The van der Waals surface area contributed by atoms with Gasteiger partial charge >= 0.3 is 0 Å². The fourth-order valence-electron chi connectivity index (χ4n) is 7.53. The van der Waals surface area contributed by atoms with Crippen LogP contribution < -0.4 is 25.7 Å². The van der Waals surface area contributed by atoms with Crippen molar-refractivity contribution in [1.82, 2.24) is 0 Å². The number of aliphatic imine (C=N–C) groups is 2. The van der Waals surface area contributed by atoms with Gasteiger partial charge in [0.1, 0.15) is 30.5 Å². The van der Waals surface area contributed by atoms with Gasteiger partial charge in [0, 0.05) is 5.02 Å². The summed E-state index contributed by atoms with van der Waals surface area (Å²) in [6.07, 6.45) is 0. The Hall–Kier alpha value is -6.45. The number of nitrogens with two attached hydrogens (primary N) is 2. The molecule has 10 heteroatoms. The van der Waals surface area contributed by atoms with Crippen molar-refractivity contribution in [3.05, 3.63) is 172 Å². The number of halogens is 1. The summed E-state index contributed by atoms with van der Waals surface area (Å²) in [5.74, 6) is 2.53. The van der Waals surface area contributed by atoms with Crippen LogP contribution in [-0.4, -0.2) is 46.1 Å². The summed E-state index contributed by atoms with van der Waals surface area (Å²) >= 11 is 6.19. The summed E-state index contributed by atoms with van der Waals surface area (Å²) < 4.78 is 27.8. The highest BCUT2D eigenvalue weighted by Crippen LogP contribution is 2.42. The average Bonchev–Trinajstić information content (AvgIpc) is 3.85.